The van der Waals surface area contributed by atoms with Gasteiger partial charge in [-0.05, 0) is 24.6 Å². The summed E-state index contributed by atoms with van der Waals surface area (Å²) in [4.78, 5) is 14.2. The van der Waals surface area contributed by atoms with Gasteiger partial charge in [-0.15, -0.1) is 0 Å². The van der Waals surface area contributed by atoms with Crippen LogP contribution in [-0.4, -0.2) is 10.8 Å². The molecule has 1 aromatic rings. The number of rotatable bonds is 4. The summed E-state index contributed by atoms with van der Waals surface area (Å²) in [6.45, 7) is 4.42. The van der Waals surface area contributed by atoms with Gasteiger partial charge >= 0.3 is 0 Å². The summed E-state index contributed by atoms with van der Waals surface area (Å²) < 4.78 is 0. The fraction of sp³-hybridized carbons (Fsp3) is 0.438. The lowest BCUT2D eigenvalue weighted by Gasteiger charge is -2.26. The molecule has 0 bridgehead atoms. The molecule has 0 atom stereocenters. The van der Waals surface area contributed by atoms with E-state index in [1.54, 1.807) is 11.1 Å². The van der Waals surface area contributed by atoms with Crippen molar-refractivity contribution in [2.45, 2.75) is 38.6 Å². The zero-order valence-corrected chi connectivity index (χ0v) is 10.8. The van der Waals surface area contributed by atoms with Crippen LogP contribution < -0.4 is 0 Å². The third-order valence-corrected chi connectivity index (χ3v) is 3.65. The zero-order valence-electron chi connectivity index (χ0n) is 10.8. The van der Waals surface area contributed by atoms with Crippen molar-refractivity contribution in [2.24, 2.45) is 5.92 Å². The van der Waals surface area contributed by atoms with Crippen molar-refractivity contribution in [3.05, 3.63) is 48.7 Å². The molecule has 0 spiro atoms. The molecule has 1 saturated carbocycles. The molecule has 1 aromatic carbocycles. The van der Waals surface area contributed by atoms with E-state index in [4.69, 9.17) is 0 Å². The summed E-state index contributed by atoms with van der Waals surface area (Å²) in [5.41, 5.74) is 1.15. The smallest absolute Gasteiger partial charge is 0.229 e. The molecule has 1 fully saturated rings. The molecular formula is C16H21NO. The topological polar surface area (TPSA) is 20.3 Å². The molecule has 2 heteroatoms. The van der Waals surface area contributed by atoms with Crippen LogP contribution in [0.15, 0.2) is 43.1 Å². The molecule has 1 aliphatic carbocycles. The van der Waals surface area contributed by atoms with Crippen LogP contribution in [0.1, 0.15) is 37.7 Å². The van der Waals surface area contributed by atoms with Crippen molar-refractivity contribution in [1.29, 1.82) is 0 Å². The first-order valence-corrected chi connectivity index (χ1v) is 6.78. The van der Waals surface area contributed by atoms with Gasteiger partial charge in [0.05, 0.1) is 6.54 Å². The SMILES string of the molecule is C=CN(Cc1ccccc1)C(=O)C1CCCCC1. The molecule has 0 heterocycles. The van der Waals surface area contributed by atoms with Gasteiger partial charge in [0.15, 0.2) is 0 Å². The van der Waals surface area contributed by atoms with Gasteiger partial charge in [0.25, 0.3) is 0 Å². The maximum absolute atomic E-state index is 12.4. The molecule has 0 saturated heterocycles. The highest BCUT2D eigenvalue weighted by molar-refractivity contribution is 5.79. The van der Waals surface area contributed by atoms with Crippen LogP contribution in [0.4, 0.5) is 0 Å². The highest BCUT2D eigenvalue weighted by Gasteiger charge is 2.24. The Morgan fingerprint density at radius 1 is 1.22 bits per heavy atom. The van der Waals surface area contributed by atoms with Crippen molar-refractivity contribution in [1.82, 2.24) is 4.90 Å². The number of hydrogen-bond acceptors (Lipinski definition) is 1. The molecule has 2 nitrogen and oxygen atoms in total. The average molecular weight is 243 g/mol. The van der Waals surface area contributed by atoms with Gasteiger partial charge in [0.1, 0.15) is 0 Å². The molecule has 0 aromatic heterocycles. The van der Waals surface area contributed by atoms with Crippen LogP contribution in [0.3, 0.4) is 0 Å². The number of nitrogens with zero attached hydrogens (tertiary/aromatic N) is 1. The van der Waals surface area contributed by atoms with E-state index in [-0.39, 0.29) is 11.8 Å². The zero-order chi connectivity index (χ0) is 12.8. The summed E-state index contributed by atoms with van der Waals surface area (Å²) >= 11 is 0. The molecule has 0 N–H and O–H groups in total. The Labute approximate surface area is 109 Å². The molecule has 0 aliphatic heterocycles. The second-order valence-electron chi connectivity index (χ2n) is 4.97. The highest BCUT2D eigenvalue weighted by atomic mass is 16.2. The predicted octanol–water partition coefficient (Wildman–Crippen LogP) is 3.74. The van der Waals surface area contributed by atoms with E-state index in [9.17, 15) is 4.79 Å². The van der Waals surface area contributed by atoms with Crippen LogP contribution in [0.5, 0.6) is 0 Å². The first-order chi connectivity index (χ1) is 8.81. The van der Waals surface area contributed by atoms with Gasteiger partial charge in [0.2, 0.25) is 5.91 Å². The monoisotopic (exact) mass is 243 g/mol. The maximum Gasteiger partial charge on any atom is 0.229 e. The van der Waals surface area contributed by atoms with Crippen molar-refractivity contribution >= 4 is 5.91 Å². The maximum atomic E-state index is 12.4. The number of amides is 1. The van der Waals surface area contributed by atoms with Gasteiger partial charge in [-0.3, -0.25) is 4.79 Å². The van der Waals surface area contributed by atoms with E-state index >= 15 is 0 Å². The molecule has 0 unspecified atom stereocenters. The Bertz CT molecular complexity index is 393. The minimum absolute atomic E-state index is 0.209. The summed E-state index contributed by atoms with van der Waals surface area (Å²) in [6, 6.07) is 10.1. The quantitative estimate of drug-likeness (QED) is 0.789. The molecule has 2 rings (SSSR count). The first-order valence-electron chi connectivity index (χ1n) is 6.78. The Morgan fingerprint density at radius 3 is 2.50 bits per heavy atom. The normalized spacial score (nSPS) is 16.2. The number of benzene rings is 1. The van der Waals surface area contributed by atoms with Crippen LogP contribution >= 0.6 is 0 Å². The van der Waals surface area contributed by atoms with E-state index in [0.717, 1.165) is 18.4 Å². The summed E-state index contributed by atoms with van der Waals surface area (Å²) in [6.07, 6.45) is 7.40. The van der Waals surface area contributed by atoms with Crippen molar-refractivity contribution in [3.63, 3.8) is 0 Å². The summed E-state index contributed by atoms with van der Waals surface area (Å²) in [5.74, 6) is 0.453. The third-order valence-electron chi connectivity index (χ3n) is 3.65. The number of carbonyl (C=O) groups excluding carboxylic acids is 1. The number of hydrogen-bond donors (Lipinski definition) is 0. The van der Waals surface area contributed by atoms with Gasteiger partial charge in [-0.1, -0.05) is 56.2 Å². The average Bonchev–Trinajstić information content (AvgIpc) is 2.46. The second kappa shape index (κ2) is 6.39. The van der Waals surface area contributed by atoms with Crippen molar-refractivity contribution < 1.29 is 4.79 Å². The summed E-state index contributed by atoms with van der Waals surface area (Å²) in [5, 5.41) is 0. The van der Waals surface area contributed by atoms with Gasteiger partial charge < -0.3 is 4.90 Å². The first kappa shape index (κ1) is 12.9. The van der Waals surface area contributed by atoms with E-state index < -0.39 is 0 Å². The lowest BCUT2D eigenvalue weighted by atomic mass is 9.88. The van der Waals surface area contributed by atoms with Crippen LogP contribution in [0.25, 0.3) is 0 Å². The molecule has 0 radical (unpaired) electrons. The van der Waals surface area contributed by atoms with Gasteiger partial charge in [-0.2, -0.15) is 0 Å². The Hall–Kier alpha value is -1.57. The van der Waals surface area contributed by atoms with Crippen molar-refractivity contribution in [2.75, 3.05) is 0 Å². The predicted molar refractivity (Wildman–Crippen MR) is 73.8 cm³/mol. The summed E-state index contributed by atoms with van der Waals surface area (Å²) in [7, 11) is 0. The highest BCUT2D eigenvalue weighted by Crippen LogP contribution is 2.26. The van der Waals surface area contributed by atoms with Crippen molar-refractivity contribution in [3.8, 4) is 0 Å². The standard InChI is InChI=1S/C16H21NO/c1-2-17(13-14-9-5-3-6-10-14)16(18)15-11-7-4-8-12-15/h2-3,5-6,9-10,15H,1,4,7-8,11-13H2. The minimum atomic E-state index is 0.209. The van der Waals surface area contributed by atoms with Crippen LogP contribution in [0.2, 0.25) is 0 Å². The second-order valence-corrected chi connectivity index (χ2v) is 4.97. The van der Waals surface area contributed by atoms with E-state index in [0.29, 0.717) is 6.54 Å². The van der Waals surface area contributed by atoms with Gasteiger partial charge in [-0.25, -0.2) is 0 Å². The lowest BCUT2D eigenvalue weighted by molar-refractivity contribution is -0.134. The molecular weight excluding hydrogens is 222 g/mol. The van der Waals surface area contributed by atoms with Crippen LogP contribution in [0, 0.1) is 5.92 Å². The lowest BCUT2D eigenvalue weighted by Crippen LogP contribution is -2.32. The van der Waals surface area contributed by atoms with E-state index in [2.05, 4.69) is 6.58 Å². The minimum Gasteiger partial charge on any atom is -0.315 e. The Morgan fingerprint density at radius 2 is 1.89 bits per heavy atom. The third kappa shape index (κ3) is 3.22. The molecule has 1 amide bonds. The molecule has 1 aliphatic rings. The number of carbonyl (C=O) groups is 1. The van der Waals surface area contributed by atoms with E-state index in [1.807, 2.05) is 30.3 Å². The largest absolute Gasteiger partial charge is 0.315 e. The van der Waals surface area contributed by atoms with Crippen LogP contribution in [-0.2, 0) is 11.3 Å². The Kier molecular flexibility index (Phi) is 4.57. The molecule has 96 valence electrons. The van der Waals surface area contributed by atoms with E-state index in [1.165, 1.54) is 19.3 Å². The molecule has 18 heavy (non-hydrogen) atoms. The van der Waals surface area contributed by atoms with Gasteiger partial charge in [0, 0.05) is 5.92 Å². The fourth-order valence-electron chi connectivity index (χ4n) is 2.60. The fourth-order valence-corrected chi connectivity index (χ4v) is 2.60. The Balaban J connectivity index is 1.99.